The first-order chi connectivity index (χ1) is 3.55. The van der Waals surface area contributed by atoms with Gasteiger partial charge in [0.15, 0.2) is 5.92 Å². The van der Waals surface area contributed by atoms with Crippen LogP contribution in [0.1, 0.15) is 6.92 Å². The Kier molecular flexibility index (Phi) is 12.9. The predicted molar refractivity (Wildman–Crippen MR) is 35.2 cm³/mol. The number of aliphatic carboxylic acids is 2. The van der Waals surface area contributed by atoms with Gasteiger partial charge in [-0.3, -0.25) is 9.59 Å². The maximum atomic E-state index is 9.76. The number of rotatable bonds is 2. The molecule has 0 aromatic rings. The molecule has 0 heterocycles. The van der Waals surface area contributed by atoms with E-state index in [-0.39, 0.29) is 56.9 Å². The zero-order valence-corrected chi connectivity index (χ0v) is 4.79. The molecule has 0 aliphatic heterocycles. The SMILES string of the molecule is CC(C(=O)O)C(=O)O.O.[KH]. The van der Waals surface area contributed by atoms with Gasteiger partial charge in [0.2, 0.25) is 0 Å². The molecule has 0 aromatic carbocycles. The summed E-state index contributed by atoms with van der Waals surface area (Å²) in [4.78, 5) is 19.5. The van der Waals surface area contributed by atoms with Gasteiger partial charge in [0, 0.05) is 0 Å². The van der Waals surface area contributed by atoms with Gasteiger partial charge in [0.1, 0.15) is 0 Å². The topological polar surface area (TPSA) is 106 Å². The van der Waals surface area contributed by atoms with Crippen LogP contribution in [0.2, 0.25) is 0 Å². The summed E-state index contributed by atoms with van der Waals surface area (Å²) in [6, 6.07) is 0. The van der Waals surface area contributed by atoms with Gasteiger partial charge in [-0.2, -0.15) is 0 Å². The second kappa shape index (κ2) is 7.64. The van der Waals surface area contributed by atoms with Crippen molar-refractivity contribution in [1.82, 2.24) is 0 Å². The van der Waals surface area contributed by atoms with E-state index in [1.807, 2.05) is 0 Å². The Bertz CT molecular complexity index is 109. The van der Waals surface area contributed by atoms with E-state index >= 15 is 0 Å². The van der Waals surface area contributed by atoms with Crippen LogP contribution in [0.4, 0.5) is 0 Å². The van der Waals surface area contributed by atoms with Gasteiger partial charge in [-0.05, 0) is 6.92 Å². The van der Waals surface area contributed by atoms with Gasteiger partial charge < -0.3 is 15.7 Å². The van der Waals surface area contributed by atoms with Gasteiger partial charge in [0.05, 0.1) is 0 Å². The molecule has 0 saturated heterocycles. The summed E-state index contributed by atoms with van der Waals surface area (Å²) in [6.45, 7) is 1.12. The number of carbonyl (C=O) groups is 2. The van der Waals surface area contributed by atoms with Crippen LogP contribution in [0, 0.1) is 5.92 Å². The Morgan fingerprint density at radius 2 is 1.40 bits per heavy atom. The van der Waals surface area contributed by atoms with Crippen LogP contribution in [0.25, 0.3) is 0 Å². The summed E-state index contributed by atoms with van der Waals surface area (Å²) in [5, 5.41) is 15.9. The molecule has 4 N–H and O–H groups in total. The second-order valence-electron chi connectivity index (χ2n) is 1.40. The Morgan fingerprint density at radius 3 is 1.40 bits per heavy atom. The molecule has 0 aliphatic rings. The van der Waals surface area contributed by atoms with E-state index in [9.17, 15) is 9.59 Å². The molecule has 0 aromatic heterocycles. The van der Waals surface area contributed by atoms with Gasteiger partial charge in [-0.1, -0.05) is 0 Å². The molecule has 0 fully saturated rings. The summed E-state index contributed by atoms with van der Waals surface area (Å²) >= 11 is 0. The predicted octanol–water partition coefficient (Wildman–Crippen LogP) is -1.68. The van der Waals surface area contributed by atoms with Crippen LogP contribution in [-0.2, 0) is 9.59 Å². The van der Waals surface area contributed by atoms with E-state index in [1.165, 1.54) is 0 Å². The van der Waals surface area contributed by atoms with Crippen LogP contribution in [0.5, 0.6) is 0 Å². The Morgan fingerprint density at radius 1 is 1.20 bits per heavy atom. The molecular formula is C4H9KO5. The molecule has 0 bridgehead atoms. The van der Waals surface area contributed by atoms with E-state index in [0.29, 0.717) is 0 Å². The molecule has 10 heavy (non-hydrogen) atoms. The number of hydrogen-bond acceptors (Lipinski definition) is 2. The van der Waals surface area contributed by atoms with Crippen molar-refractivity contribution < 1.29 is 25.3 Å². The fourth-order valence-corrected chi connectivity index (χ4v) is 0.106. The molecule has 0 spiro atoms. The number of hydrogen-bond donors (Lipinski definition) is 2. The quantitative estimate of drug-likeness (QED) is 0.387. The van der Waals surface area contributed by atoms with Gasteiger partial charge >= 0.3 is 63.3 Å². The van der Waals surface area contributed by atoms with Crippen molar-refractivity contribution in [2.45, 2.75) is 6.92 Å². The summed E-state index contributed by atoms with van der Waals surface area (Å²) < 4.78 is 0. The van der Waals surface area contributed by atoms with Crippen LogP contribution in [0.15, 0.2) is 0 Å². The van der Waals surface area contributed by atoms with E-state index < -0.39 is 17.9 Å². The first-order valence-corrected chi connectivity index (χ1v) is 2.01. The van der Waals surface area contributed by atoms with E-state index in [2.05, 4.69) is 0 Å². The Hall–Kier alpha value is 0.536. The maximum absolute atomic E-state index is 9.76. The molecule has 0 rings (SSSR count). The minimum absolute atomic E-state index is 0. The third-order valence-corrected chi connectivity index (χ3v) is 0.741. The van der Waals surface area contributed by atoms with Crippen LogP contribution in [-0.4, -0.2) is 79.0 Å². The van der Waals surface area contributed by atoms with Gasteiger partial charge in [0.25, 0.3) is 0 Å². The molecule has 0 aliphatic carbocycles. The third-order valence-electron chi connectivity index (χ3n) is 0.741. The number of carboxylic acids is 2. The molecule has 0 unspecified atom stereocenters. The van der Waals surface area contributed by atoms with E-state index in [4.69, 9.17) is 10.2 Å². The molecule has 0 saturated carbocycles. The molecule has 6 heteroatoms. The van der Waals surface area contributed by atoms with Crippen molar-refractivity contribution in [1.29, 1.82) is 0 Å². The fourth-order valence-electron chi connectivity index (χ4n) is 0.106. The summed E-state index contributed by atoms with van der Waals surface area (Å²) in [6.07, 6.45) is 0. The third kappa shape index (κ3) is 6.65. The van der Waals surface area contributed by atoms with Crippen molar-refractivity contribution in [3.63, 3.8) is 0 Å². The monoisotopic (exact) mass is 176 g/mol. The second-order valence-corrected chi connectivity index (χ2v) is 1.40. The molecule has 56 valence electrons. The van der Waals surface area contributed by atoms with Crippen molar-refractivity contribution >= 4 is 63.3 Å². The summed E-state index contributed by atoms with van der Waals surface area (Å²) in [5.74, 6) is -3.91. The van der Waals surface area contributed by atoms with Crippen molar-refractivity contribution in [2.24, 2.45) is 5.92 Å². The normalized spacial score (nSPS) is 7.40. The van der Waals surface area contributed by atoms with Crippen molar-refractivity contribution in [3.05, 3.63) is 0 Å². The molecule has 0 radical (unpaired) electrons. The standard InChI is InChI=1S/C4H6O4.K.H2O.H/c1-2(3(5)6)4(7)8;;;/h2H,1H3,(H,5,6)(H,7,8);;1H2;. The summed E-state index contributed by atoms with van der Waals surface area (Å²) in [7, 11) is 0. The zero-order chi connectivity index (χ0) is 6.73. The fraction of sp³-hybridized carbons (Fsp3) is 0.500. The van der Waals surface area contributed by atoms with Crippen LogP contribution < -0.4 is 0 Å². The Labute approximate surface area is 100 Å². The molecule has 5 nitrogen and oxygen atoms in total. The first-order valence-electron chi connectivity index (χ1n) is 2.01. The summed E-state index contributed by atoms with van der Waals surface area (Å²) in [5.41, 5.74) is 0. The minimum atomic E-state index is -1.31. The van der Waals surface area contributed by atoms with Crippen LogP contribution >= 0.6 is 0 Å². The first kappa shape index (κ1) is 16.9. The van der Waals surface area contributed by atoms with E-state index in [1.54, 1.807) is 0 Å². The number of carboxylic acid groups (broad SMARTS) is 2. The average Bonchev–Trinajstić information content (AvgIpc) is 1.64. The Balaban J connectivity index is -0.000000245. The van der Waals surface area contributed by atoms with Gasteiger partial charge in [-0.15, -0.1) is 0 Å². The molecule has 0 amide bonds. The average molecular weight is 176 g/mol. The van der Waals surface area contributed by atoms with Crippen LogP contribution in [0.3, 0.4) is 0 Å². The zero-order valence-electron chi connectivity index (χ0n) is 4.79. The van der Waals surface area contributed by atoms with Crippen molar-refractivity contribution in [2.75, 3.05) is 0 Å². The van der Waals surface area contributed by atoms with Gasteiger partial charge in [-0.25, -0.2) is 0 Å². The molecular weight excluding hydrogens is 167 g/mol. The van der Waals surface area contributed by atoms with Crippen molar-refractivity contribution in [3.8, 4) is 0 Å². The molecule has 0 atom stereocenters. The van der Waals surface area contributed by atoms with E-state index in [0.717, 1.165) is 6.92 Å².